The van der Waals surface area contributed by atoms with Crippen molar-refractivity contribution in [2.75, 3.05) is 23.8 Å². The summed E-state index contributed by atoms with van der Waals surface area (Å²) in [5.74, 6) is -4.11. The smallest absolute Gasteiger partial charge is 0.352 e. The van der Waals surface area contributed by atoms with Crippen LogP contribution >= 0.6 is 34.9 Å². The third-order valence-electron chi connectivity index (χ3n) is 6.80. The summed E-state index contributed by atoms with van der Waals surface area (Å²) in [5, 5.41) is 44.2. The molecule has 5 rings (SSSR count). The zero-order valence-electron chi connectivity index (χ0n) is 23.0. The summed E-state index contributed by atoms with van der Waals surface area (Å²) in [6.45, 7) is 0.442. The molecule has 5 heterocycles. The van der Waals surface area contributed by atoms with Crippen molar-refractivity contribution in [2.45, 2.75) is 28.9 Å². The lowest BCUT2D eigenvalue weighted by Crippen LogP contribution is -2.71. The zero-order chi connectivity index (χ0) is 32.4. The Labute approximate surface area is 266 Å². The number of pyridine rings is 2. The lowest BCUT2D eigenvalue weighted by molar-refractivity contribution is -0.698. The number of aliphatic hydroxyl groups excluding tert-OH is 1. The van der Waals surface area contributed by atoms with E-state index in [4.69, 9.17) is 10.8 Å². The molecule has 0 aromatic carbocycles. The lowest BCUT2D eigenvalue weighted by Gasteiger charge is -2.49. The molecular formula is C26H26N7O9S3+. The predicted molar refractivity (Wildman–Crippen MR) is 160 cm³/mol. The number of aliphatic hydroxyl groups is 1. The predicted octanol–water partition coefficient (Wildman–Crippen LogP) is -0.888. The van der Waals surface area contributed by atoms with Crippen molar-refractivity contribution in [1.29, 1.82) is 0 Å². The number of thiazole rings is 1. The monoisotopic (exact) mass is 676 g/mol. The average Bonchev–Trinajstić information content (AvgIpc) is 3.44. The Morgan fingerprint density at radius 1 is 1.24 bits per heavy atom. The number of fused-ring (bicyclic) bond motifs is 1. The van der Waals surface area contributed by atoms with Crippen LogP contribution < -0.4 is 26.4 Å². The molecule has 0 radical (unpaired) electrons. The van der Waals surface area contributed by atoms with Crippen LogP contribution in [0.15, 0.2) is 63.1 Å². The molecule has 3 aromatic heterocycles. The van der Waals surface area contributed by atoms with Gasteiger partial charge in [-0.3, -0.25) is 24.1 Å². The minimum absolute atomic E-state index is 0.00264. The Morgan fingerprint density at radius 3 is 2.62 bits per heavy atom. The van der Waals surface area contributed by atoms with Crippen molar-refractivity contribution in [1.82, 2.24) is 25.2 Å². The number of nitrogens with zero attached hydrogens (tertiary/aromatic N) is 4. The van der Waals surface area contributed by atoms with Gasteiger partial charge in [0.05, 0.1) is 11.9 Å². The number of carbonyl (C=O) groups excluding carboxylic acids is 3. The summed E-state index contributed by atoms with van der Waals surface area (Å²) in [7, 11) is 0. The molecule has 236 valence electrons. The Kier molecular flexibility index (Phi) is 9.32. The first-order valence-corrected chi connectivity index (χ1v) is 16.0. The second kappa shape index (κ2) is 13.2. The molecule has 8 N–H and O–H groups in total. The highest BCUT2D eigenvalue weighted by atomic mass is 32.2. The average molecular weight is 677 g/mol. The van der Waals surface area contributed by atoms with E-state index < -0.39 is 58.0 Å². The van der Waals surface area contributed by atoms with Gasteiger partial charge in [0.2, 0.25) is 11.3 Å². The van der Waals surface area contributed by atoms with E-state index in [2.05, 4.69) is 15.6 Å². The molecule has 0 saturated carbocycles. The third-order valence-corrected chi connectivity index (χ3v) is 9.93. The van der Waals surface area contributed by atoms with E-state index in [0.29, 0.717) is 30.1 Å². The molecule has 0 spiro atoms. The number of amides is 3. The number of aromatic hydroxyl groups is 1. The van der Waals surface area contributed by atoms with Crippen LogP contribution in [0, 0.1) is 0 Å². The first-order chi connectivity index (χ1) is 21.5. The number of aliphatic carboxylic acids is 1. The Bertz CT molecular complexity index is 1760. The molecule has 3 aromatic rings. The number of β-lactam (4-membered cyclic amide) rings is 1. The van der Waals surface area contributed by atoms with Gasteiger partial charge in [0.15, 0.2) is 35.9 Å². The fraction of sp³-hybridized carbons (Fsp3) is 0.269. The van der Waals surface area contributed by atoms with Gasteiger partial charge in [0.1, 0.15) is 29.4 Å². The summed E-state index contributed by atoms with van der Waals surface area (Å²) >= 11 is 3.65. The first-order valence-electron chi connectivity index (χ1n) is 13.1. The van der Waals surface area contributed by atoms with Crippen molar-refractivity contribution < 1.29 is 44.3 Å². The van der Waals surface area contributed by atoms with Gasteiger partial charge in [-0.2, -0.15) is 4.73 Å². The highest BCUT2D eigenvalue weighted by Gasteiger charge is 2.54. The Hall–Kier alpha value is -4.59. The highest BCUT2D eigenvalue weighted by molar-refractivity contribution is 8.01. The van der Waals surface area contributed by atoms with Crippen LogP contribution in [0.3, 0.4) is 0 Å². The maximum atomic E-state index is 13.5. The second-order valence-electron chi connectivity index (χ2n) is 9.71. The molecule has 1 fully saturated rings. The summed E-state index contributed by atoms with van der Waals surface area (Å²) in [5.41, 5.74) is 4.57. The van der Waals surface area contributed by atoms with Crippen molar-refractivity contribution >= 4 is 63.7 Å². The van der Waals surface area contributed by atoms with Gasteiger partial charge in [-0.05, 0) is 5.57 Å². The van der Waals surface area contributed by atoms with Crippen LogP contribution in [0.25, 0.3) is 0 Å². The van der Waals surface area contributed by atoms with Gasteiger partial charge < -0.3 is 36.9 Å². The number of thioether (sulfide) groups is 2. The van der Waals surface area contributed by atoms with Crippen molar-refractivity contribution in [3.8, 4) is 5.75 Å². The summed E-state index contributed by atoms with van der Waals surface area (Å²) in [6.07, 6.45) is 4.21. The highest BCUT2D eigenvalue weighted by Crippen LogP contribution is 2.41. The minimum atomic E-state index is -1.52. The topological polar surface area (TPSA) is 241 Å². The normalized spacial score (nSPS) is 18.2. The van der Waals surface area contributed by atoms with Crippen molar-refractivity contribution in [2.24, 2.45) is 0 Å². The maximum Gasteiger partial charge on any atom is 0.352 e. The molecule has 0 aliphatic carbocycles. The van der Waals surface area contributed by atoms with Crippen molar-refractivity contribution in [3.63, 3.8) is 0 Å². The van der Waals surface area contributed by atoms with Gasteiger partial charge >= 0.3 is 5.97 Å². The number of aromatic nitrogens is 3. The molecule has 19 heteroatoms. The van der Waals surface area contributed by atoms with Gasteiger partial charge in [0, 0.05) is 40.0 Å². The SMILES string of the molecule is Nc1nc(C(NC(=O)c2cc(=O)c(O)cn2O)C(=O)N[C@@H]2C(=O)N3C(C(=O)O)=C(CSc4cc[n+](CCO)cc4)CS[C@H]23)cs1. The van der Waals surface area contributed by atoms with Crippen LogP contribution in [0.2, 0.25) is 0 Å². The summed E-state index contributed by atoms with van der Waals surface area (Å²) < 4.78 is 2.02. The number of anilines is 1. The van der Waals surface area contributed by atoms with E-state index in [1.54, 1.807) is 17.0 Å². The molecule has 2 aliphatic rings. The van der Waals surface area contributed by atoms with Crippen LogP contribution in [-0.4, -0.2) is 88.4 Å². The van der Waals surface area contributed by atoms with Crippen LogP contribution in [0.4, 0.5) is 5.13 Å². The van der Waals surface area contributed by atoms with Crippen LogP contribution in [0.1, 0.15) is 22.2 Å². The van der Waals surface area contributed by atoms with E-state index in [0.717, 1.165) is 21.1 Å². The van der Waals surface area contributed by atoms with Crippen molar-refractivity contribution in [3.05, 3.63) is 75.1 Å². The zero-order valence-corrected chi connectivity index (χ0v) is 25.5. The molecule has 16 nitrogen and oxygen atoms in total. The standard InChI is InChI=1S/C26H25N7O9S3/c27-26-28-14(11-45-26)18(29-21(37)15-7-16(35)17(36)8-32(15)42)22(38)30-19-23(39)33-20(25(40)41)12(10-44-24(19)33)9-43-13-1-3-31(4-2-13)5-6-34/h1-4,7-8,11,18-19,24,34,42H,5-6,9-10H2,(H5-,27,28,29,30,36,37,38,40,41)/p+1/t18?,19-,24-/m1/s1. The first kappa shape index (κ1) is 31.8. The quantitative estimate of drug-likeness (QED) is 0.0565. The molecule has 3 atom stereocenters. The Morgan fingerprint density at radius 2 is 1.98 bits per heavy atom. The molecule has 3 amide bonds. The van der Waals surface area contributed by atoms with E-state index in [-0.39, 0.29) is 33.6 Å². The number of carboxylic acids is 1. The number of carbonyl (C=O) groups is 4. The fourth-order valence-corrected chi connectivity index (χ4v) is 7.56. The number of nitrogens with one attached hydrogen (secondary N) is 2. The largest absolute Gasteiger partial charge is 0.503 e. The van der Waals surface area contributed by atoms with Gasteiger partial charge in [-0.25, -0.2) is 14.3 Å². The van der Waals surface area contributed by atoms with Gasteiger partial charge in [0.25, 0.3) is 11.8 Å². The van der Waals surface area contributed by atoms with E-state index in [9.17, 15) is 39.4 Å². The van der Waals surface area contributed by atoms with Gasteiger partial charge in [-0.1, -0.05) is 0 Å². The van der Waals surface area contributed by atoms with Crippen LogP contribution in [0.5, 0.6) is 5.75 Å². The molecule has 1 saturated heterocycles. The number of rotatable bonds is 11. The molecule has 0 bridgehead atoms. The maximum absolute atomic E-state index is 13.5. The molecule has 45 heavy (non-hydrogen) atoms. The molecular weight excluding hydrogens is 651 g/mol. The number of nitrogen functional groups attached to an aromatic ring is 1. The number of nitrogens with two attached hydrogens (primary N) is 1. The van der Waals surface area contributed by atoms with E-state index in [1.165, 1.54) is 28.9 Å². The number of carboxylic acid groups (broad SMARTS) is 1. The molecule has 2 aliphatic heterocycles. The Balaban J connectivity index is 1.31. The number of hydrogen-bond acceptors (Lipinski definition) is 13. The molecule has 1 unspecified atom stereocenters. The third kappa shape index (κ3) is 6.60. The van der Waals surface area contributed by atoms with E-state index >= 15 is 0 Å². The summed E-state index contributed by atoms with van der Waals surface area (Å²) in [4.78, 5) is 69.8. The minimum Gasteiger partial charge on any atom is -0.503 e. The van der Waals surface area contributed by atoms with Gasteiger partial charge in [-0.15, -0.1) is 34.9 Å². The van der Waals surface area contributed by atoms with Crippen LogP contribution in [-0.2, 0) is 20.9 Å². The fourth-order valence-electron chi connectivity index (χ4n) is 4.60. The number of hydrogen-bond donors (Lipinski definition) is 7. The van der Waals surface area contributed by atoms with E-state index in [1.807, 2.05) is 12.1 Å². The second-order valence-corrected chi connectivity index (χ2v) is 12.8. The summed E-state index contributed by atoms with van der Waals surface area (Å²) in [6, 6.07) is 1.71. The lowest BCUT2D eigenvalue weighted by atomic mass is 10.0.